The maximum absolute atomic E-state index is 9.43. The summed E-state index contributed by atoms with van der Waals surface area (Å²) in [5, 5.41) is 11.7. The summed E-state index contributed by atoms with van der Waals surface area (Å²) in [4.78, 5) is 0. The fourth-order valence-corrected chi connectivity index (χ4v) is 2.01. The molecule has 0 amide bonds. The van der Waals surface area contributed by atoms with Gasteiger partial charge in [0.25, 0.3) is 0 Å². The Balaban J connectivity index is 2.51. The number of aromatic hydroxyl groups is 1. The van der Waals surface area contributed by atoms with Crippen LogP contribution in [0.15, 0.2) is 54.6 Å². The van der Waals surface area contributed by atoms with Crippen molar-refractivity contribution in [2.45, 2.75) is 0 Å². The highest BCUT2D eigenvalue weighted by Crippen LogP contribution is 2.31. The van der Waals surface area contributed by atoms with E-state index in [0.717, 1.165) is 5.39 Å². The summed E-state index contributed by atoms with van der Waals surface area (Å²) in [6.07, 6.45) is 0. The van der Waals surface area contributed by atoms with Gasteiger partial charge in [0, 0.05) is 0 Å². The predicted octanol–water partition coefficient (Wildman–Crippen LogP) is 3.65. The van der Waals surface area contributed by atoms with Crippen LogP contribution in [0, 0.1) is 0 Å². The first-order valence-electron chi connectivity index (χ1n) is 4.95. The molecule has 1 aromatic rings. The van der Waals surface area contributed by atoms with Crippen molar-refractivity contribution in [3.63, 3.8) is 0 Å². The third kappa shape index (κ3) is 1.24. The van der Waals surface area contributed by atoms with Gasteiger partial charge in [-0.25, -0.2) is 0 Å². The Bertz CT molecular complexity index is 598. The molecular weight excluding hydrogens is 184 g/mol. The van der Waals surface area contributed by atoms with E-state index in [1.54, 1.807) is 12.1 Å². The van der Waals surface area contributed by atoms with Gasteiger partial charge in [0.1, 0.15) is 5.75 Å². The van der Waals surface area contributed by atoms with Gasteiger partial charge in [-0.15, -0.1) is 0 Å². The Morgan fingerprint density at radius 1 is 0.800 bits per heavy atom. The van der Waals surface area contributed by atoms with Crippen LogP contribution in [0.2, 0.25) is 0 Å². The lowest BCUT2D eigenvalue weighted by Gasteiger charge is -1.99. The summed E-state index contributed by atoms with van der Waals surface area (Å²) in [7, 11) is 0. The van der Waals surface area contributed by atoms with Gasteiger partial charge in [-0.2, -0.15) is 0 Å². The molecule has 0 spiro atoms. The van der Waals surface area contributed by atoms with Gasteiger partial charge >= 0.3 is 0 Å². The van der Waals surface area contributed by atoms with Crippen LogP contribution in [0.5, 0.6) is 5.75 Å². The quantitative estimate of drug-likeness (QED) is 0.579. The molecular formula is C14H10O. The van der Waals surface area contributed by atoms with E-state index in [4.69, 9.17) is 0 Å². The molecule has 2 aliphatic carbocycles. The maximum atomic E-state index is 9.43. The van der Waals surface area contributed by atoms with E-state index >= 15 is 0 Å². The minimum absolute atomic E-state index is 0.313. The molecule has 3 rings (SSSR count). The summed E-state index contributed by atoms with van der Waals surface area (Å²) in [5.41, 5.74) is 2.46. The molecule has 0 saturated carbocycles. The summed E-state index contributed by atoms with van der Waals surface area (Å²) >= 11 is 0. The number of phenolic OH excluding ortho intramolecular Hbond substituents is 1. The van der Waals surface area contributed by atoms with Gasteiger partial charge in [-0.3, -0.25) is 0 Å². The molecule has 0 bridgehead atoms. The second-order valence-electron chi connectivity index (χ2n) is 3.69. The first-order chi connectivity index (χ1) is 7.34. The fourth-order valence-electron chi connectivity index (χ4n) is 2.01. The molecule has 1 aromatic carbocycles. The lowest BCUT2D eigenvalue weighted by atomic mass is 10.1. The van der Waals surface area contributed by atoms with Crippen LogP contribution in [0.25, 0.3) is 21.9 Å². The fraction of sp³-hybridized carbons (Fsp3) is 0. The van der Waals surface area contributed by atoms with Crippen molar-refractivity contribution in [1.82, 2.24) is 0 Å². The molecule has 0 aromatic heterocycles. The molecule has 2 aliphatic rings. The van der Waals surface area contributed by atoms with Crippen LogP contribution < -0.4 is 0 Å². The molecule has 0 saturated heterocycles. The van der Waals surface area contributed by atoms with Gasteiger partial charge in [0.15, 0.2) is 0 Å². The van der Waals surface area contributed by atoms with Crippen molar-refractivity contribution >= 4 is 10.8 Å². The Kier molecular flexibility index (Phi) is 1.65. The minimum Gasteiger partial charge on any atom is -0.508 e. The number of hydrogen-bond acceptors (Lipinski definition) is 1. The normalized spacial score (nSPS) is 10.9. The van der Waals surface area contributed by atoms with E-state index in [1.165, 1.54) is 16.5 Å². The largest absolute Gasteiger partial charge is 0.508 e. The van der Waals surface area contributed by atoms with Crippen LogP contribution in [0.4, 0.5) is 0 Å². The average molecular weight is 194 g/mol. The Morgan fingerprint density at radius 2 is 1.60 bits per heavy atom. The summed E-state index contributed by atoms with van der Waals surface area (Å²) in [5.74, 6) is 0.313. The van der Waals surface area contributed by atoms with E-state index in [-0.39, 0.29) is 0 Å². The van der Waals surface area contributed by atoms with Crippen LogP contribution in [-0.2, 0) is 0 Å². The molecule has 0 aliphatic heterocycles. The van der Waals surface area contributed by atoms with Gasteiger partial charge < -0.3 is 5.11 Å². The highest BCUT2D eigenvalue weighted by Gasteiger charge is 2.04. The molecule has 15 heavy (non-hydrogen) atoms. The first-order valence-corrected chi connectivity index (χ1v) is 4.95. The van der Waals surface area contributed by atoms with E-state index in [9.17, 15) is 5.11 Å². The zero-order valence-corrected chi connectivity index (χ0v) is 8.14. The van der Waals surface area contributed by atoms with Crippen molar-refractivity contribution < 1.29 is 5.11 Å². The highest BCUT2D eigenvalue weighted by atomic mass is 16.3. The third-order valence-corrected chi connectivity index (χ3v) is 2.73. The number of phenols is 1. The molecule has 1 N–H and O–H groups in total. The lowest BCUT2D eigenvalue weighted by Crippen LogP contribution is -1.71. The second-order valence-corrected chi connectivity index (χ2v) is 3.69. The van der Waals surface area contributed by atoms with E-state index < -0.39 is 0 Å². The third-order valence-electron chi connectivity index (χ3n) is 2.73. The minimum atomic E-state index is 0.313. The summed E-state index contributed by atoms with van der Waals surface area (Å²) in [6, 6.07) is 17.9. The average Bonchev–Trinajstić information content (AvgIpc) is 2.61. The van der Waals surface area contributed by atoms with Crippen LogP contribution in [0.3, 0.4) is 0 Å². The zero-order chi connectivity index (χ0) is 10.3. The van der Waals surface area contributed by atoms with Crippen LogP contribution in [-0.4, -0.2) is 5.11 Å². The number of rotatable bonds is 0. The topological polar surface area (TPSA) is 20.2 Å². The number of hydrogen-bond donors (Lipinski definition) is 1. The smallest absolute Gasteiger partial charge is 0.116 e. The SMILES string of the molecule is Oc1ccc2c3cccc-3cccc2c1. The molecule has 72 valence electrons. The van der Waals surface area contributed by atoms with Gasteiger partial charge in [0.2, 0.25) is 0 Å². The van der Waals surface area contributed by atoms with Gasteiger partial charge in [-0.05, 0) is 34.0 Å². The van der Waals surface area contributed by atoms with Gasteiger partial charge in [-0.1, -0.05) is 42.5 Å². The molecule has 0 radical (unpaired) electrons. The molecule has 0 fully saturated rings. The van der Waals surface area contributed by atoms with E-state index in [2.05, 4.69) is 24.3 Å². The van der Waals surface area contributed by atoms with E-state index in [0.29, 0.717) is 5.75 Å². The predicted molar refractivity (Wildman–Crippen MR) is 62.2 cm³/mol. The summed E-state index contributed by atoms with van der Waals surface area (Å²) in [6.45, 7) is 0. The van der Waals surface area contributed by atoms with Crippen molar-refractivity contribution in [1.29, 1.82) is 0 Å². The monoisotopic (exact) mass is 194 g/mol. The van der Waals surface area contributed by atoms with Gasteiger partial charge in [0.05, 0.1) is 0 Å². The van der Waals surface area contributed by atoms with E-state index in [1.807, 2.05) is 18.2 Å². The van der Waals surface area contributed by atoms with Crippen molar-refractivity contribution in [2.75, 3.05) is 0 Å². The molecule has 1 nitrogen and oxygen atoms in total. The Labute approximate surface area is 87.9 Å². The summed E-state index contributed by atoms with van der Waals surface area (Å²) < 4.78 is 0. The zero-order valence-electron chi connectivity index (χ0n) is 8.14. The second kappa shape index (κ2) is 2.99. The van der Waals surface area contributed by atoms with Crippen LogP contribution in [0.1, 0.15) is 0 Å². The number of fused-ring (bicyclic) bond motifs is 3. The molecule has 0 unspecified atom stereocenters. The number of benzene rings is 1. The molecule has 0 atom stereocenters. The standard InChI is InChI=1S/C14H10O/c15-12-7-8-14-11(9-12)5-1-3-10-4-2-6-13(10)14/h1-9,15H. The van der Waals surface area contributed by atoms with Crippen LogP contribution >= 0.6 is 0 Å². The Morgan fingerprint density at radius 3 is 2.47 bits per heavy atom. The molecule has 1 heteroatoms. The highest BCUT2D eigenvalue weighted by molar-refractivity contribution is 5.97. The molecule has 0 heterocycles. The van der Waals surface area contributed by atoms with Crippen molar-refractivity contribution in [3.8, 4) is 16.9 Å². The first kappa shape index (κ1) is 8.30. The van der Waals surface area contributed by atoms with Crippen molar-refractivity contribution in [2.24, 2.45) is 0 Å². The Hall–Kier alpha value is -2.02. The maximum Gasteiger partial charge on any atom is 0.116 e. The lowest BCUT2D eigenvalue weighted by molar-refractivity contribution is 0.476. The van der Waals surface area contributed by atoms with Crippen molar-refractivity contribution in [3.05, 3.63) is 54.6 Å².